The molecular weight excluding hydrogens is 254 g/mol. The van der Waals surface area contributed by atoms with Crippen LogP contribution in [0, 0.1) is 0 Å². The van der Waals surface area contributed by atoms with Crippen LogP contribution in [0.15, 0.2) is 29.1 Å². The van der Waals surface area contributed by atoms with Crippen molar-refractivity contribution in [1.29, 1.82) is 0 Å². The van der Waals surface area contributed by atoms with E-state index in [4.69, 9.17) is 0 Å². The predicted molar refractivity (Wildman–Crippen MR) is 79.6 cm³/mol. The molecule has 1 N–H and O–H groups in total. The molecule has 0 saturated heterocycles. The lowest BCUT2D eigenvalue weighted by molar-refractivity contribution is 0.0415. The van der Waals surface area contributed by atoms with Crippen molar-refractivity contribution in [2.45, 2.75) is 26.0 Å². The predicted octanol–water partition coefficient (Wildman–Crippen LogP) is 1.14. The normalized spacial score (nSPS) is 12.3. The molecule has 0 aliphatic heterocycles. The molecular formula is C15H21N3O2. The molecule has 0 aliphatic rings. The Hall–Kier alpha value is -1.72. The van der Waals surface area contributed by atoms with Gasteiger partial charge in [0.25, 0.3) is 5.56 Å². The number of nitrogens with zero attached hydrogens (tertiary/aromatic N) is 3. The summed E-state index contributed by atoms with van der Waals surface area (Å²) < 4.78 is 1.57. The number of rotatable bonds is 4. The zero-order chi connectivity index (χ0) is 14.9. The maximum Gasteiger partial charge on any atom is 0.261 e. The van der Waals surface area contributed by atoms with Crippen molar-refractivity contribution >= 4 is 10.9 Å². The second-order valence-electron chi connectivity index (χ2n) is 5.89. The molecule has 20 heavy (non-hydrogen) atoms. The van der Waals surface area contributed by atoms with E-state index in [0.29, 0.717) is 29.8 Å². The van der Waals surface area contributed by atoms with Crippen molar-refractivity contribution in [3.05, 3.63) is 40.4 Å². The number of hydrogen-bond donors (Lipinski definition) is 1. The quantitative estimate of drug-likeness (QED) is 0.909. The van der Waals surface area contributed by atoms with Gasteiger partial charge in [-0.05, 0) is 33.0 Å². The lowest BCUT2D eigenvalue weighted by Gasteiger charge is -2.25. The Labute approximate surface area is 118 Å². The number of para-hydroxylation sites is 1. The molecule has 2 rings (SSSR count). The highest BCUT2D eigenvalue weighted by Crippen LogP contribution is 2.10. The largest absolute Gasteiger partial charge is 0.389 e. The molecule has 1 aromatic carbocycles. The van der Waals surface area contributed by atoms with E-state index in [1.54, 1.807) is 31.5 Å². The van der Waals surface area contributed by atoms with Crippen molar-refractivity contribution in [2.75, 3.05) is 13.6 Å². The molecule has 0 atom stereocenters. The van der Waals surface area contributed by atoms with E-state index < -0.39 is 5.60 Å². The van der Waals surface area contributed by atoms with Crippen LogP contribution >= 0.6 is 0 Å². The molecule has 5 nitrogen and oxygen atoms in total. The van der Waals surface area contributed by atoms with Crippen LogP contribution in [-0.4, -0.2) is 38.8 Å². The highest BCUT2D eigenvalue weighted by molar-refractivity contribution is 5.77. The molecule has 0 saturated carbocycles. The van der Waals surface area contributed by atoms with E-state index in [1.165, 1.54) is 0 Å². The zero-order valence-corrected chi connectivity index (χ0v) is 12.4. The van der Waals surface area contributed by atoms with Crippen molar-refractivity contribution < 1.29 is 5.11 Å². The summed E-state index contributed by atoms with van der Waals surface area (Å²) in [6.07, 6.45) is 0. The third-order valence-corrected chi connectivity index (χ3v) is 3.14. The highest BCUT2D eigenvalue weighted by atomic mass is 16.3. The Morgan fingerprint density at radius 3 is 2.65 bits per heavy atom. The molecule has 0 spiro atoms. The van der Waals surface area contributed by atoms with Gasteiger partial charge in [-0.25, -0.2) is 4.98 Å². The zero-order valence-electron chi connectivity index (χ0n) is 12.4. The Balaban J connectivity index is 2.36. The second-order valence-corrected chi connectivity index (χ2v) is 5.89. The van der Waals surface area contributed by atoms with Gasteiger partial charge < -0.3 is 5.11 Å². The molecule has 5 heteroatoms. The first-order valence-electron chi connectivity index (χ1n) is 6.63. The highest BCUT2D eigenvalue weighted by Gasteiger charge is 2.17. The average molecular weight is 275 g/mol. The number of aromatic nitrogens is 2. The maximum atomic E-state index is 12.3. The number of benzene rings is 1. The van der Waals surface area contributed by atoms with Gasteiger partial charge in [-0.1, -0.05) is 12.1 Å². The fraction of sp³-hybridized carbons (Fsp3) is 0.467. The molecule has 0 amide bonds. The van der Waals surface area contributed by atoms with Crippen LogP contribution in [0.25, 0.3) is 10.9 Å². The molecule has 108 valence electrons. The summed E-state index contributed by atoms with van der Waals surface area (Å²) in [6.45, 7) is 4.54. The van der Waals surface area contributed by atoms with E-state index in [0.717, 1.165) is 0 Å². The van der Waals surface area contributed by atoms with Crippen molar-refractivity contribution in [3.8, 4) is 0 Å². The first kappa shape index (κ1) is 14.7. The maximum absolute atomic E-state index is 12.3. The fourth-order valence-corrected chi connectivity index (χ4v) is 2.36. The number of fused-ring (bicyclic) bond motifs is 1. The molecule has 0 aliphatic carbocycles. The minimum absolute atomic E-state index is 0.0396. The van der Waals surface area contributed by atoms with Gasteiger partial charge in [-0.2, -0.15) is 0 Å². The van der Waals surface area contributed by atoms with Gasteiger partial charge in [0, 0.05) is 13.6 Å². The summed E-state index contributed by atoms with van der Waals surface area (Å²) in [7, 11) is 3.63. The standard InChI is InChI=1S/C15H21N3O2/c1-15(2,20)10-17(3)9-13-16-12-8-6-5-7-11(12)14(19)18(13)4/h5-8,20H,9-10H2,1-4H3. The van der Waals surface area contributed by atoms with Gasteiger partial charge >= 0.3 is 0 Å². The van der Waals surface area contributed by atoms with Crippen LogP contribution in [0.1, 0.15) is 19.7 Å². The van der Waals surface area contributed by atoms with E-state index in [9.17, 15) is 9.90 Å². The summed E-state index contributed by atoms with van der Waals surface area (Å²) in [5, 5.41) is 10.5. The monoisotopic (exact) mass is 275 g/mol. The van der Waals surface area contributed by atoms with Crippen LogP contribution in [0.5, 0.6) is 0 Å². The first-order valence-corrected chi connectivity index (χ1v) is 6.63. The lowest BCUT2D eigenvalue weighted by atomic mass is 10.1. The van der Waals surface area contributed by atoms with Gasteiger partial charge in [0.2, 0.25) is 0 Å². The fourth-order valence-electron chi connectivity index (χ4n) is 2.36. The summed E-state index contributed by atoms with van der Waals surface area (Å²) >= 11 is 0. The number of likely N-dealkylation sites (N-methyl/N-ethyl adjacent to an activating group) is 1. The topological polar surface area (TPSA) is 58.4 Å². The second kappa shape index (κ2) is 5.34. The average Bonchev–Trinajstić information content (AvgIpc) is 2.33. The molecule has 1 heterocycles. The smallest absolute Gasteiger partial charge is 0.261 e. The summed E-state index contributed by atoms with van der Waals surface area (Å²) in [5.41, 5.74) is -0.102. The van der Waals surface area contributed by atoms with Gasteiger partial charge in [-0.15, -0.1) is 0 Å². The molecule has 0 radical (unpaired) electrons. The van der Waals surface area contributed by atoms with E-state index >= 15 is 0 Å². The third-order valence-electron chi connectivity index (χ3n) is 3.14. The summed E-state index contributed by atoms with van der Waals surface area (Å²) in [6, 6.07) is 7.34. The first-order chi connectivity index (χ1) is 9.28. The van der Waals surface area contributed by atoms with Crippen LogP contribution in [0.3, 0.4) is 0 Å². The van der Waals surface area contributed by atoms with Crippen LogP contribution in [0.2, 0.25) is 0 Å². The molecule has 0 unspecified atom stereocenters. The SMILES string of the molecule is CN(Cc1nc2ccccc2c(=O)n1C)CC(C)(C)O. The minimum Gasteiger partial charge on any atom is -0.389 e. The van der Waals surface area contributed by atoms with Gasteiger partial charge in [0.15, 0.2) is 0 Å². The van der Waals surface area contributed by atoms with Gasteiger partial charge in [0.05, 0.1) is 23.0 Å². The van der Waals surface area contributed by atoms with Crippen molar-refractivity contribution in [2.24, 2.45) is 7.05 Å². The van der Waals surface area contributed by atoms with E-state index in [-0.39, 0.29) is 5.56 Å². The van der Waals surface area contributed by atoms with E-state index in [1.807, 2.05) is 30.1 Å². The Morgan fingerprint density at radius 2 is 2.00 bits per heavy atom. The van der Waals surface area contributed by atoms with Gasteiger partial charge in [0.1, 0.15) is 5.82 Å². The van der Waals surface area contributed by atoms with E-state index in [2.05, 4.69) is 4.98 Å². The molecule has 2 aromatic rings. The minimum atomic E-state index is -0.773. The Kier molecular flexibility index (Phi) is 3.92. The van der Waals surface area contributed by atoms with Crippen molar-refractivity contribution in [1.82, 2.24) is 14.5 Å². The lowest BCUT2D eigenvalue weighted by Crippen LogP contribution is -2.37. The van der Waals surface area contributed by atoms with Crippen molar-refractivity contribution in [3.63, 3.8) is 0 Å². The molecule has 0 fully saturated rings. The van der Waals surface area contributed by atoms with Gasteiger partial charge in [-0.3, -0.25) is 14.3 Å². The summed E-state index contributed by atoms with van der Waals surface area (Å²) in [5.74, 6) is 0.695. The summed E-state index contributed by atoms with van der Waals surface area (Å²) in [4.78, 5) is 18.8. The van der Waals surface area contributed by atoms with Crippen LogP contribution < -0.4 is 5.56 Å². The van der Waals surface area contributed by atoms with Crippen LogP contribution in [-0.2, 0) is 13.6 Å². The third kappa shape index (κ3) is 3.23. The molecule has 0 bridgehead atoms. The Morgan fingerprint density at radius 1 is 1.35 bits per heavy atom. The number of aliphatic hydroxyl groups is 1. The number of hydrogen-bond acceptors (Lipinski definition) is 4. The Bertz CT molecular complexity index is 671. The molecule has 1 aromatic heterocycles. The van der Waals surface area contributed by atoms with Crippen LogP contribution in [0.4, 0.5) is 0 Å².